The molecule has 0 radical (unpaired) electrons. The lowest BCUT2D eigenvalue weighted by Crippen LogP contribution is -2.37. The van der Waals surface area contributed by atoms with Crippen LogP contribution in [0.5, 0.6) is 0 Å². The van der Waals surface area contributed by atoms with Gasteiger partial charge in [-0.2, -0.15) is 8.78 Å². The number of amides is 1. The quantitative estimate of drug-likeness (QED) is 0.873. The van der Waals surface area contributed by atoms with Crippen molar-refractivity contribution in [1.29, 1.82) is 0 Å². The van der Waals surface area contributed by atoms with Crippen molar-refractivity contribution in [3.63, 3.8) is 0 Å². The lowest BCUT2D eigenvalue weighted by Gasteiger charge is -2.11. The molecule has 1 unspecified atom stereocenters. The smallest absolute Gasteiger partial charge is 0.325 e. The van der Waals surface area contributed by atoms with Gasteiger partial charge in [-0.3, -0.25) is 10.1 Å². The van der Waals surface area contributed by atoms with E-state index < -0.39 is 20.5 Å². The molecule has 0 spiro atoms. The Kier molecular flexibility index (Phi) is 4.61. The fourth-order valence-electron chi connectivity index (χ4n) is 1.62. The molecule has 2 rings (SSSR count). The van der Waals surface area contributed by atoms with Gasteiger partial charge >= 0.3 is 5.76 Å². The topological polar surface area (TPSA) is 75.3 Å². The predicted molar refractivity (Wildman–Crippen MR) is 72.5 cm³/mol. The van der Waals surface area contributed by atoms with Crippen LogP contribution in [0.4, 0.5) is 14.5 Å². The first kappa shape index (κ1) is 15.2. The number of nitrogens with one attached hydrogen (secondary N) is 2. The van der Waals surface area contributed by atoms with E-state index in [0.717, 1.165) is 12.1 Å². The Morgan fingerprint density at radius 3 is 2.50 bits per heavy atom. The molecular formula is C11H12F2N2O3S2. The van der Waals surface area contributed by atoms with Gasteiger partial charge < -0.3 is 5.32 Å². The average molecular weight is 322 g/mol. The van der Waals surface area contributed by atoms with Gasteiger partial charge in [-0.25, -0.2) is 8.42 Å². The molecule has 1 atom stereocenters. The third kappa shape index (κ3) is 3.28. The molecule has 1 saturated heterocycles. The van der Waals surface area contributed by atoms with Crippen molar-refractivity contribution in [3.05, 3.63) is 24.3 Å². The maximum Gasteiger partial charge on any atom is 0.341 e. The minimum Gasteiger partial charge on any atom is -0.325 e. The van der Waals surface area contributed by atoms with Crippen LogP contribution < -0.4 is 10.6 Å². The molecule has 20 heavy (non-hydrogen) atoms. The Hall–Kier alpha value is -1.19. The van der Waals surface area contributed by atoms with E-state index in [0.29, 0.717) is 17.3 Å². The Morgan fingerprint density at radius 2 is 2.00 bits per heavy atom. The highest BCUT2D eigenvalue weighted by Crippen LogP contribution is 2.20. The highest BCUT2D eigenvalue weighted by Gasteiger charge is 2.26. The highest BCUT2D eigenvalue weighted by atomic mass is 32.2. The molecule has 0 aliphatic carbocycles. The normalized spacial score (nSPS) is 19.2. The minimum atomic E-state index is -4.60. The lowest BCUT2D eigenvalue weighted by atomic mass is 10.2. The van der Waals surface area contributed by atoms with Gasteiger partial charge in [0.1, 0.15) is 0 Å². The fraction of sp³-hybridized carbons (Fsp3) is 0.364. The van der Waals surface area contributed by atoms with Gasteiger partial charge in [0.15, 0.2) is 0 Å². The van der Waals surface area contributed by atoms with Gasteiger partial charge in [-0.1, -0.05) is 0 Å². The van der Waals surface area contributed by atoms with E-state index >= 15 is 0 Å². The van der Waals surface area contributed by atoms with Gasteiger partial charge in [-0.15, -0.1) is 11.8 Å². The van der Waals surface area contributed by atoms with E-state index in [1.165, 1.54) is 12.1 Å². The van der Waals surface area contributed by atoms with Gasteiger partial charge in [-0.05, 0) is 24.3 Å². The van der Waals surface area contributed by atoms with E-state index in [1.54, 1.807) is 11.8 Å². The van der Waals surface area contributed by atoms with Crippen molar-refractivity contribution in [1.82, 2.24) is 5.32 Å². The zero-order valence-electron chi connectivity index (χ0n) is 10.2. The van der Waals surface area contributed by atoms with Gasteiger partial charge in [0.05, 0.1) is 10.9 Å². The van der Waals surface area contributed by atoms with E-state index in [4.69, 9.17) is 0 Å². The molecule has 1 amide bonds. The van der Waals surface area contributed by atoms with Crippen LogP contribution in [0.15, 0.2) is 29.2 Å². The molecule has 1 aliphatic rings. The number of alkyl halides is 2. The molecule has 110 valence electrons. The Labute approximate surface area is 119 Å². The minimum absolute atomic E-state index is 0.237. The van der Waals surface area contributed by atoms with Crippen molar-refractivity contribution >= 4 is 33.2 Å². The predicted octanol–water partition coefficient (Wildman–Crippen LogP) is 1.28. The summed E-state index contributed by atoms with van der Waals surface area (Å²) in [6.07, 6.45) is 0. The van der Waals surface area contributed by atoms with Crippen molar-refractivity contribution in [3.8, 4) is 0 Å². The molecule has 1 aromatic carbocycles. The fourth-order valence-corrected chi connectivity index (χ4v) is 3.29. The monoisotopic (exact) mass is 322 g/mol. The molecule has 0 bridgehead atoms. The first-order chi connectivity index (χ1) is 9.41. The number of sulfone groups is 1. The first-order valence-corrected chi connectivity index (χ1v) is 8.35. The number of halogens is 2. The molecule has 0 saturated carbocycles. The molecule has 1 heterocycles. The summed E-state index contributed by atoms with van der Waals surface area (Å²) in [7, 11) is -4.60. The maximum absolute atomic E-state index is 12.3. The summed E-state index contributed by atoms with van der Waals surface area (Å²) in [5.74, 6) is -2.34. The second kappa shape index (κ2) is 6.06. The maximum atomic E-state index is 12.3. The second-order valence-corrected chi connectivity index (χ2v) is 7.04. The summed E-state index contributed by atoms with van der Waals surface area (Å²) in [5, 5.41) is 5.58. The van der Waals surface area contributed by atoms with Crippen molar-refractivity contribution in [2.45, 2.75) is 16.7 Å². The number of thioether (sulfide) groups is 1. The van der Waals surface area contributed by atoms with Gasteiger partial charge in [0, 0.05) is 17.3 Å². The Morgan fingerprint density at radius 1 is 1.35 bits per heavy atom. The Bertz CT molecular complexity index is 584. The number of anilines is 1. The van der Waals surface area contributed by atoms with Crippen LogP contribution in [0.1, 0.15) is 0 Å². The zero-order chi connectivity index (χ0) is 14.8. The average Bonchev–Trinajstić information content (AvgIpc) is 2.93. The summed E-state index contributed by atoms with van der Waals surface area (Å²) in [6, 6.07) is 4.37. The second-order valence-electron chi connectivity index (χ2n) is 4.09. The number of benzene rings is 1. The van der Waals surface area contributed by atoms with Crippen LogP contribution in [-0.2, 0) is 14.6 Å². The summed E-state index contributed by atoms with van der Waals surface area (Å²) >= 11 is 1.60. The third-order valence-corrected chi connectivity index (χ3v) is 5.06. The molecule has 2 N–H and O–H groups in total. The summed E-state index contributed by atoms with van der Waals surface area (Å²) in [6.45, 7) is 0. The lowest BCUT2D eigenvalue weighted by molar-refractivity contribution is -0.117. The first-order valence-electron chi connectivity index (χ1n) is 5.65. The summed E-state index contributed by atoms with van der Waals surface area (Å²) < 4.78 is 47.1. The van der Waals surface area contributed by atoms with E-state index in [9.17, 15) is 22.0 Å². The van der Waals surface area contributed by atoms with Crippen LogP contribution in [0.25, 0.3) is 0 Å². The third-order valence-electron chi connectivity index (χ3n) is 2.72. The van der Waals surface area contributed by atoms with E-state index in [-0.39, 0.29) is 11.9 Å². The van der Waals surface area contributed by atoms with E-state index in [1.807, 2.05) is 0 Å². The molecule has 1 fully saturated rings. The van der Waals surface area contributed by atoms with Gasteiger partial charge in [0.2, 0.25) is 15.7 Å². The molecule has 9 heteroatoms. The molecule has 5 nitrogen and oxygen atoms in total. The van der Waals surface area contributed by atoms with Crippen molar-refractivity contribution in [2.24, 2.45) is 0 Å². The molecular weight excluding hydrogens is 310 g/mol. The van der Waals surface area contributed by atoms with Crippen LogP contribution in [0.3, 0.4) is 0 Å². The molecule has 1 aliphatic heterocycles. The largest absolute Gasteiger partial charge is 0.341 e. The van der Waals surface area contributed by atoms with Crippen LogP contribution in [-0.4, -0.2) is 37.8 Å². The number of rotatable bonds is 4. The number of carbonyl (C=O) groups is 1. The number of hydrogen-bond acceptors (Lipinski definition) is 5. The van der Waals surface area contributed by atoms with Crippen molar-refractivity contribution < 1.29 is 22.0 Å². The highest BCUT2D eigenvalue weighted by molar-refractivity contribution is 7.99. The Balaban J connectivity index is 2.07. The molecule has 1 aromatic rings. The number of hydrogen-bond donors (Lipinski definition) is 2. The van der Waals surface area contributed by atoms with Crippen LogP contribution >= 0.6 is 11.8 Å². The number of carbonyl (C=O) groups excluding carboxylic acids is 1. The van der Waals surface area contributed by atoms with Crippen LogP contribution in [0, 0.1) is 0 Å². The summed E-state index contributed by atoms with van der Waals surface area (Å²) in [4.78, 5) is 11.3. The van der Waals surface area contributed by atoms with E-state index in [2.05, 4.69) is 10.6 Å². The zero-order valence-corrected chi connectivity index (χ0v) is 11.8. The van der Waals surface area contributed by atoms with Crippen LogP contribution in [0.2, 0.25) is 0 Å². The standard InChI is InChI=1S/C11H12F2N2O3S2/c12-11(13)20(17,18)8-3-1-7(2-4-8)15-10(16)9-5-19-6-14-9/h1-4,9,11,14H,5-6H2,(H,15,16). The SMILES string of the molecule is O=C(Nc1ccc(S(=O)(=O)C(F)F)cc1)C1CSCN1. The summed E-state index contributed by atoms with van der Waals surface area (Å²) in [5.41, 5.74) is 0.363. The van der Waals surface area contributed by atoms with Gasteiger partial charge in [0.25, 0.3) is 0 Å². The van der Waals surface area contributed by atoms with Crippen molar-refractivity contribution in [2.75, 3.05) is 16.9 Å². The molecule has 0 aromatic heterocycles.